The van der Waals surface area contributed by atoms with Crippen molar-refractivity contribution in [2.45, 2.75) is 44.2 Å². The monoisotopic (exact) mass is 275 g/mol. The Morgan fingerprint density at radius 1 is 1.15 bits per heavy atom. The lowest BCUT2D eigenvalue weighted by molar-refractivity contribution is 0.0683. The van der Waals surface area contributed by atoms with Gasteiger partial charge in [0.15, 0.2) is 0 Å². The highest BCUT2D eigenvalue weighted by Crippen LogP contribution is 2.37. The molecule has 2 N–H and O–H groups in total. The molecule has 0 saturated heterocycles. The Hall–Kier alpha value is -1.06. The summed E-state index contributed by atoms with van der Waals surface area (Å²) in [5.74, 6) is 0. The zero-order chi connectivity index (χ0) is 14.8. The van der Waals surface area contributed by atoms with Gasteiger partial charge in [0.2, 0.25) is 0 Å². The molecular weight excluding hydrogens is 246 g/mol. The van der Waals surface area contributed by atoms with E-state index in [4.69, 9.17) is 5.73 Å². The second kappa shape index (κ2) is 6.15. The minimum atomic E-state index is 0.161. The Morgan fingerprint density at radius 2 is 1.75 bits per heavy atom. The van der Waals surface area contributed by atoms with Crippen molar-refractivity contribution in [2.24, 2.45) is 5.73 Å². The summed E-state index contributed by atoms with van der Waals surface area (Å²) in [6.45, 7) is 3.22. The van der Waals surface area contributed by atoms with E-state index >= 15 is 0 Å². The van der Waals surface area contributed by atoms with Gasteiger partial charge in [-0.1, -0.05) is 19.1 Å². The highest BCUT2D eigenvalue weighted by molar-refractivity contribution is 5.48. The topological polar surface area (TPSA) is 32.5 Å². The summed E-state index contributed by atoms with van der Waals surface area (Å²) >= 11 is 0. The van der Waals surface area contributed by atoms with Crippen LogP contribution in [-0.4, -0.2) is 38.1 Å². The van der Waals surface area contributed by atoms with Crippen molar-refractivity contribution >= 4 is 5.69 Å². The molecule has 0 unspecified atom stereocenters. The van der Waals surface area contributed by atoms with Gasteiger partial charge in [0.05, 0.1) is 0 Å². The highest BCUT2D eigenvalue weighted by Gasteiger charge is 2.39. The molecule has 20 heavy (non-hydrogen) atoms. The Kier molecular flexibility index (Phi) is 4.71. The molecule has 0 spiro atoms. The van der Waals surface area contributed by atoms with Gasteiger partial charge in [-0.25, -0.2) is 0 Å². The molecule has 112 valence electrons. The van der Waals surface area contributed by atoms with Gasteiger partial charge < -0.3 is 15.5 Å². The number of benzene rings is 1. The molecule has 1 fully saturated rings. The van der Waals surface area contributed by atoms with Crippen LogP contribution in [0.25, 0.3) is 0 Å². The van der Waals surface area contributed by atoms with Gasteiger partial charge in [-0.3, -0.25) is 0 Å². The molecule has 0 heterocycles. The molecule has 2 rings (SSSR count). The predicted octanol–water partition coefficient (Wildman–Crippen LogP) is 3.02. The van der Waals surface area contributed by atoms with E-state index in [-0.39, 0.29) is 6.04 Å². The third kappa shape index (κ3) is 2.99. The number of nitrogens with two attached hydrogens (primary N) is 1. The number of hydrogen-bond acceptors (Lipinski definition) is 3. The second-order valence-corrected chi connectivity index (χ2v) is 6.43. The smallest absolute Gasteiger partial charge is 0.0378 e. The molecule has 1 saturated carbocycles. The van der Waals surface area contributed by atoms with Crippen molar-refractivity contribution in [1.82, 2.24) is 4.90 Å². The summed E-state index contributed by atoms with van der Waals surface area (Å²) in [7, 11) is 6.60. The molecular formula is C17H29N3. The molecule has 1 aromatic carbocycles. The van der Waals surface area contributed by atoms with Crippen molar-refractivity contribution in [3.05, 3.63) is 29.8 Å². The predicted molar refractivity (Wildman–Crippen MR) is 87.2 cm³/mol. The van der Waals surface area contributed by atoms with E-state index in [2.05, 4.69) is 62.1 Å². The van der Waals surface area contributed by atoms with Crippen LogP contribution in [0, 0.1) is 0 Å². The molecule has 3 nitrogen and oxygen atoms in total. The normalized spacial score (nSPS) is 18.7. The first kappa shape index (κ1) is 15.3. The number of likely N-dealkylation sites (N-methyl/N-ethyl adjacent to an activating group) is 2. The third-order valence-electron chi connectivity index (χ3n) is 4.97. The third-order valence-corrected chi connectivity index (χ3v) is 4.97. The molecule has 0 aliphatic heterocycles. The molecule has 1 aliphatic rings. The summed E-state index contributed by atoms with van der Waals surface area (Å²) in [6.07, 6.45) is 4.96. The Morgan fingerprint density at radius 3 is 2.15 bits per heavy atom. The zero-order valence-corrected chi connectivity index (χ0v) is 13.4. The van der Waals surface area contributed by atoms with Crippen molar-refractivity contribution in [3.8, 4) is 0 Å². The lowest BCUT2D eigenvalue weighted by Gasteiger charge is -2.49. The molecule has 1 aliphatic carbocycles. The number of rotatable bonds is 6. The summed E-state index contributed by atoms with van der Waals surface area (Å²) < 4.78 is 0. The van der Waals surface area contributed by atoms with Gasteiger partial charge >= 0.3 is 0 Å². The van der Waals surface area contributed by atoms with E-state index in [1.807, 2.05) is 0 Å². The minimum Gasteiger partial charge on any atom is -0.373 e. The summed E-state index contributed by atoms with van der Waals surface area (Å²) in [4.78, 5) is 4.77. The second-order valence-electron chi connectivity index (χ2n) is 6.43. The van der Waals surface area contributed by atoms with Crippen LogP contribution in [0.5, 0.6) is 0 Å². The van der Waals surface area contributed by atoms with Gasteiger partial charge in [-0.15, -0.1) is 0 Å². The Bertz CT molecular complexity index is 420. The lowest BCUT2D eigenvalue weighted by Crippen LogP contribution is -2.56. The summed E-state index contributed by atoms with van der Waals surface area (Å²) in [6, 6.07) is 8.90. The van der Waals surface area contributed by atoms with E-state index in [0.717, 1.165) is 13.0 Å². The fraction of sp³-hybridized carbons (Fsp3) is 0.647. The van der Waals surface area contributed by atoms with Crippen LogP contribution < -0.4 is 10.6 Å². The van der Waals surface area contributed by atoms with Gasteiger partial charge in [0.1, 0.15) is 0 Å². The first-order chi connectivity index (χ1) is 9.48. The van der Waals surface area contributed by atoms with E-state index in [0.29, 0.717) is 5.54 Å². The van der Waals surface area contributed by atoms with Crippen molar-refractivity contribution < 1.29 is 0 Å². The van der Waals surface area contributed by atoms with Crippen LogP contribution in [-0.2, 0) is 0 Å². The van der Waals surface area contributed by atoms with Crippen LogP contribution in [0.1, 0.15) is 44.2 Å². The van der Waals surface area contributed by atoms with Crippen LogP contribution in [0.2, 0.25) is 0 Å². The first-order valence-corrected chi connectivity index (χ1v) is 7.72. The quantitative estimate of drug-likeness (QED) is 0.866. The molecule has 1 aromatic rings. The lowest BCUT2D eigenvalue weighted by atomic mass is 9.75. The zero-order valence-electron chi connectivity index (χ0n) is 13.4. The van der Waals surface area contributed by atoms with Crippen LogP contribution in [0.4, 0.5) is 5.69 Å². The van der Waals surface area contributed by atoms with Gasteiger partial charge in [-0.05, 0) is 57.5 Å². The molecule has 0 bridgehead atoms. The minimum absolute atomic E-state index is 0.161. The largest absolute Gasteiger partial charge is 0.373 e. The van der Waals surface area contributed by atoms with Crippen molar-refractivity contribution in [3.63, 3.8) is 0 Å². The number of hydrogen-bond donors (Lipinski definition) is 1. The standard InChI is InChI=1S/C17H29N3/c1-5-16(18)14-7-9-15(10-8-14)20(4)13-17(19(2)3)11-6-12-17/h7-10,16H,5-6,11-13,18H2,1-4H3/t16-/m1/s1. The maximum Gasteiger partial charge on any atom is 0.0378 e. The van der Waals surface area contributed by atoms with Gasteiger partial charge in [0.25, 0.3) is 0 Å². The van der Waals surface area contributed by atoms with E-state index in [1.165, 1.54) is 30.5 Å². The fourth-order valence-corrected chi connectivity index (χ4v) is 3.08. The molecule has 0 amide bonds. The maximum atomic E-state index is 6.07. The fourth-order valence-electron chi connectivity index (χ4n) is 3.08. The summed E-state index contributed by atoms with van der Waals surface area (Å²) in [5, 5.41) is 0. The molecule has 0 radical (unpaired) electrons. The van der Waals surface area contributed by atoms with E-state index in [1.54, 1.807) is 0 Å². The molecule has 3 heteroatoms. The van der Waals surface area contributed by atoms with Gasteiger partial charge in [0, 0.05) is 30.9 Å². The van der Waals surface area contributed by atoms with Crippen LogP contribution in [0.3, 0.4) is 0 Å². The number of nitrogens with zero attached hydrogens (tertiary/aromatic N) is 2. The van der Waals surface area contributed by atoms with Crippen molar-refractivity contribution in [1.29, 1.82) is 0 Å². The summed E-state index contributed by atoms with van der Waals surface area (Å²) in [5.41, 5.74) is 8.96. The number of anilines is 1. The highest BCUT2D eigenvalue weighted by atomic mass is 15.2. The Labute approximate surface area is 123 Å². The molecule has 1 atom stereocenters. The SMILES string of the molecule is CC[C@@H](N)c1ccc(N(C)CC2(N(C)C)CCC2)cc1. The first-order valence-electron chi connectivity index (χ1n) is 7.72. The van der Waals surface area contributed by atoms with E-state index in [9.17, 15) is 0 Å². The Balaban J connectivity index is 2.04. The molecule has 0 aromatic heterocycles. The van der Waals surface area contributed by atoms with Crippen LogP contribution >= 0.6 is 0 Å². The van der Waals surface area contributed by atoms with E-state index < -0.39 is 0 Å². The van der Waals surface area contributed by atoms with Crippen molar-refractivity contribution in [2.75, 3.05) is 32.6 Å². The van der Waals surface area contributed by atoms with Crippen LogP contribution in [0.15, 0.2) is 24.3 Å². The van der Waals surface area contributed by atoms with Gasteiger partial charge in [-0.2, -0.15) is 0 Å². The average molecular weight is 275 g/mol. The average Bonchev–Trinajstić information content (AvgIpc) is 2.41. The maximum absolute atomic E-state index is 6.07.